The van der Waals surface area contributed by atoms with Gasteiger partial charge in [0.15, 0.2) is 17.5 Å². The summed E-state index contributed by atoms with van der Waals surface area (Å²) in [6, 6.07) is 43.3. The summed E-state index contributed by atoms with van der Waals surface area (Å²) in [6.07, 6.45) is 0. The van der Waals surface area contributed by atoms with Crippen LogP contribution in [0.2, 0.25) is 0 Å². The molecule has 0 amide bonds. The van der Waals surface area contributed by atoms with Crippen molar-refractivity contribution in [2.24, 2.45) is 0 Å². The van der Waals surface area contributed by atoms with Gasteiger partial charge in [0.25, 0.3) is 0 Å². The van der Waals surface area contributed by atoms with Crippen LogP contribution in [0.25, 0.3) is 116 Å². The highest BCUT2D eigenvalue weighted by Crippen LogP contribution is 2.42. The number of rotatable bonds is 5. The molecule has 0 fully saturated rings. The third kappa shape index (κ3) is 5.07. The van der Waals surface area contributed by atoms with Gasteiger partial charge in [0, 0.05) is 43.8 Å². The van der Waals surface area contributed by atoms with Gasteiger partial charge in [-0.2, -0.15) is 0 Å². The molecule has 0 aliphatic heterocycles. The van der Waals surface area contributed by atoms with E-state index in [9.17, 15) is 5.48 Å². The van der Waals surface area contributed by atoms with Crippen LogP contribution < -0.4 is 0 Å². The molecule has 5 heteroatoms. The number of hydrogen-bond donors (Lipinski definition) is 0. The number of fused-ring (bicyclic) bond motifs is 9. The number of nitrogens with zero attached hydrogens (tertiary/aromatic N) is 4. The first-order valence-corrected chi connectivity index (χ1v) is 18.9. The second kappa shape index (κ2) is 12.8. The van der Waals surface area contributed by atoms with Gasteiger partial charge in [-0.15, -0.1) is 0 Å². The summed E-state index contributed by atoms with van der Waals surface area (Å²) in [5, 5.41) is 5.91. The number of para-hydroxylation sites is 4. The Labute approximate surface area is 344 Å². The predicted octanol–water partition coefficient (Wildman–Crippen LogP) is 13.8. The molecule has 0 aliphatic carbocycles. The van der Waals surface area contributed by atoms with Crippen LogP contribution >= 0.6 is 0 Å². The highest BCUT2D eigenvalue weighted by atomic mass is 16.3. The lowest BCUT2D eigenvalue weighted by atomic mass is 9.94. The van der Waals surface area contributed by atoms with Gasteiger partial charge in [0.1, 0.15) is 11.2 Å². The van der Waals surface area contributed by atoms with Crippen molar-refractivity contribution in [1.82, 2.24) is 19.5 Å². The minimum Gasteiger partial charge on any atom is -0.456 e. The predicted molar refractivity (Wildman–Crippen MR) is 238 cm³/mol. The van der Waals surface area contributed by atoms with Gasteiger partial charge in [-0.25, -0.2) is 15.0 Å². The molecule has 0 atom stereocenters. The van der Waals surface area contributed by atoms with Crippen LogP contribution in [-0.2, 0) is 0 Å². The molecule has 3 aromatic heterocycles. The first-order chi connectivity index (χ1) is 32.1. The van der Waals surface area contributed by atoms with Gasteiger partial charge in [0.2, 0.25) is 0 Å². The topological polar surface area (TPSA) is 56.7 Å². The lowest BCUT2D eigenvalue weighted by Gasteiger charge is -2.19. The number of furan rings is 1. The summed E-state index contributed by atoms with van der Waals surface area (Å²) < 4.78 is 80.5. The molecular weight excluding hydrogens is 709 g/mol. The fourth-order valence-corrected chi connectivity index (χ4v) is 8.22. The van der Waals surface area contributed by atoms with Crippen molar-refractivity contribution in [3.8, 4) is 51.0 Å². The van der Waals surface area contributed by atoms with Crippen molar-refractivity contribution in [2.45, 2.75) is 0 Å². The van der Waals surface area contributed by atoms with Crippen LogP contribution in [0.3, 0.4) is 0 Å². The van der Waals surface area contributed by atoms with Crippen molar-refractivity contribution in [2.75, 3.05) is 0 Å². The van der Waals surface area contributed by atoms with E-state index in [0.29, 0.717) is 45.2 Å². The lowest BCUT2D eigenvalue weighted by molar-refractivity contribution is 0.669. The number of hydrogen-bond acceptors (Lipinski definition) is 4. The fraction of sp³-hybridized carbons (Fsp3) is 0. The molecule has 0 saturated heterocycles. The summed E-state index contributed by atoms with van der Waals surface area (Å²) >= 11 is 0. The Hall–Kier alpha value is -7.89. The molecule has 0 saturated carbocycles. The van der Waals surface area contributed by atoms with E-state index in [4.69, 9.17) is 24.9 Å². The maximum Gasteiger partial charge on any atom is 0.166 e. The SMILES string of the molecule is [2H]c1c([2H])c([2H])c2c(c1[2H])c1c([2H])c([2H])c([2H])c([2H])c1n2-c1c(-c2ccc3ccc4ccccc4c3c2)cccc1-c1nc(-c2ccccc2)nc(-c2ccc3c(c2)oc2ccccc23)n1. The number of aromatic nitrogens is 4. The maximum atomic E-state index is 9.47. The maximum absolute atomic E-state index is 9.47. The van der Waals surface area contributed by atoms with Gasteiger partial charge < -0.3 is 8.98 Å². The third-order valence-corrected chi connectivity index (χ3v) is 10.9. The average Bonchev–Trinajstić information content (AvgIpc) is 3.92. The molecule has 0 bridgehead atoms. The van der Waals surface area contributed by atoms with E-state index in [2.05, 4.69) is 30.3 Å². The van der Waals surface area contributed by atoms with E-state index < -0.39 is 48.3 Å². The molecule has 3 heterocycles. The molecule has 0 unspecified atom stereocenters. The van der Waals surface area contributed by atoms with Crippen LogP contribution in [0.1, 0.15) is 11.0 Å². The third-order valence-electron chi connectivity index (χ3n) is 10.9. The van der Waals surface area contributed by atoms with Crippen LogP contribution in [0.4, 0.5) is 0 Å². The molecule has 270 valence electrons. The molecule has 5 nitrogen and oxygen atoms in total. The smallest absolute Gasteiger partial charge is 0.166 e. The second-order valence-electron chi connectivity index (χ2n) is 14.2. The van der Waals surface area contributed by atoms with Crippen molar-refractivity contribution < 1.29 is 15.4 Å². The zero-order valence-electron chi connectivity index (χ0n) is 38.6. The Kier molecular flexibility index (Phi) is 5.60. The monoisotopic (exact) mass is 748 g/mol. The van der Waals surface area contributed by atoms with Crippen molar-refractivity contribution in [3.63, 3.8) is 0 Å². The molecule has 0 radical (unpaired) electrons. The molecule has 12 aromatic rings. The zero-order valence-corrected chi connectivity index (χ0v) is 30.6. The Morgan fingerprint density at radius 1 is 0.397 bits per heavy atom. The summed E-state index contributed by atoms with van der Waals surface area (Å²) in [6.45, 7) is 0. The molecule has 9 aromatic carbocycles. The van der Waals surface area contributed by atoms with Gasteiger partial charge in [-0.3, -0.25) is 0 Å². The van der Waals surface area contributed by atoms with Crippen LogP contribution in [0, 0.1) is 0 Å². The summed E-state index contributed by atoms with van der Waals surface area (Å²) in [5.41, 5.74) is 4.81. The first kappa shape index (κ1) is 25.3. The van der Waals surface area contributed by atoms with E-state index in [1.54, 1.807) is 4.57 Å². The molecule has 12 rings (SSSR count). The van der Waals surface area contributed by atoms with Crippen molar-refractivity contribution >= 4 is 65.3 Å². The van der Waals surface area contributed by atoms with Gasteiger partial charge >= 0.3 is 0 Å². The summed E-state index contributed by atoms with van der Waals surface area (Å²) in [4.78, 5) is 15.3. The van der Waals surface area contributed by atoms with E-state index in [1.165, 1.54) is 0 Å². The Morgan fingerprint density at radius 3 is 1.81 bits per heavy atom. The highest BCUT2D eigenvalue weighted by Gasteiger charge is 2.23. The first-order valence-electron chi connectivity index (χ1n) is 22.9. The summed E-state index contributed by atoms with van der Waals surface area (Å²) in [7, 11) is 0. The molecular formula is C53H32N4O. The minimum atomic E-state index is -0.523. The van der Waals surface area contributed by atoms with E-state index in [-0.39, 0.29) is 27.6 Å². The van der Waals surface area contributed by atoms with Crippen LogP contribution in [0.15, 0.2) is 198 Å². The zero-order chi connectivity index (χ0) is 45.1. The Morgan fingerprint density at radius 2 is 1.00 bits per heavy atom. The van der Waals surface area contributed by atoms with Gasteiger partial charge in [0.05, 0.1) is 27.7 Å². The lowest BCUT2D eigenvalue weighted by Crippen LogP contribution is -2.05. The van der Waals surface area contributed by atoms with E-state index >= 15 is 0 Å². The quantitative estimate of drug-likeness (QED) is 0.164. The van der Waals surface area contributed by atoms with Gasteiger partial charge in [-0.05, 0) is 69.5 Å². The van der Waals surface area contributed by atoms with E-state index in [1.807, 2.05) is 115 Å². The Balaban J connectivity index is 1.24. The van der Waals surface area contributed by atoms with Crippen molar-refractivity contribution in [1.29, 1.82) is 0 Å². The van der Waals surface area contributed by atoms with Crippen LogP contribution in [0.5, 0.6) is 0 Å². The van der Waals surface area contributed by atoms with Crippen LogP contribution in [-0.4, -0.2) is 19.5 Å². The average molecular weight is 749 g/mol. The fourth-order valence-electron chi connectivity index (χ4n) is 8.22. The van der Waals surface area contributed by atoms with Crippen molar-refractivity contribution in [3.05, 3.63) is 194 Å². The molecule has 0 N–H and O–H groups in total. The molecule has 58 heavy (non-hydrogen) atoms. The standard InChI is InChI=1S/C53H32N4O/c1-2-14-35(15-3-1)51-54-52(37-29-30-43-42-19-8-11-24-48(42)58-49(43)32-37)56-53(55-51)44-21-12-20-39(36-28-27-34-26-25-33-13-4-5-16-38(33)45(34)31-36)50(44)57-46-22-9-6-17-40(46)41-18-7-10-23-47(41)57/h1-32H/i6D,7D,9D,10D,17D,18D,22D,23D. The normalized spacial score (nSPS) is 13.7. The molecule has 0 aliphatic rings. The van der Waals surface area contributed by atoms with Gasteiger partial charge in [-0.1, -0.05) is 152 Å². The Bertz CT molecular complexity index is 3980. The second-order valence-corrected chi connectivity index (χ2v) is 14.2. The molecule has 0 spiro atoms. The largest absolute Gasteiger partial charge is 0.456 e. The minimum absolute atomic E-state index is 0.0177. The highest BCUT2D eigenvalue weighted by molar-refractivity contribution is 6.12. The summed E-state index contributed by atoms with van der Waals surface area (Å²) in [5.74, 6) is 0.906. The van der Waals surface area contributed by atoms with E-state index in [0.717, 1.165) is 43.5 Å². The number of benzene rings is 9.